The van der Waals surface area contributed by atoms with E-state index in [2.05, 4.69) is 9.97 Å². The Morgan fingerprint density at radius 3 is 1.90 bits per heavy atom. The molecular formula is C12H16BrMgN5O. The van der Waals surface area contributed by atoms with Gasteiger partial charge in [-0.25, -0.2) is 9.97 Å². The first-order chi connectivity index (χ1) is 8.02. The number of carbonyl (C=O) groups is 1. The van der Waals surface area contributed by atoms with Crippen molar-refractivity contribution < 1.29 is 21.8 Å². The molecule has 0 aliphatic heterocycles. The number of aryl methyl sites for hydroxylation is 2. The van der Waals surface area contributed by atoms with Crippen LogP contribution in [0.3, 0.4) is 0 Å². The standard InChI is InChI=1S/C6H8N2O.C5H5N3.CH3.BrH.Mg/c1-5(9)6-3-8(2)4-7-6;1-8-3-5(2-6)7-4-8;;;/h3-4H,1-2H3;3-4H,1H3;1H3;1H;/q;;-1;;+2/p-1. The third-order valence-corrected chi connectivity index (χ3v) is 1.89. The minimum absolute atomic E-state index is 0. The molecule has 6 nitrogen and oxygen atoms in total. The van der Waals surface area contributed by atoms with Gasteiger partial charge in [0.2, 0.25) is 0 Å². The minimum Gasteiger partial charge on any atom is -1.00 e. The Hall–Kier alpha value is -1.17. The molecule has 2 aromatic heterocycles. The topological polar surface area (TPSA) is 76.5 Å². The van der Waals surface area contributed by atoms with Crippen LogP contribution < -0.4 is 17.0 Å². The largest absolute Gasteiger partial charge is 2.00 e. The quantitative estimate of drug-likeness (QED) is 0.338. The van der Waals surface area contributed by atoms with Gasteiger partial charge in [0.1, 0.15) is 11.8 Å². The normalized spacial score (nSPS) is 7.70. The van der Waals surface area contributed by atoms with E-state index in [-0.39, 0.29) is 53.2 Å². The molecule has 0 atom stereocenters. The van der Waals surface area contributed by atoms with E-state index in [0.717, 1.165) is 0 Å². The van der Waals surface area contributed by atoms with E-state index in [0.29, 0.717) is 11.4 Å². The monoisotopic (exact) mass is 349 g/mol. The van der Waals surface area contributed by atoms with Crippen LogP contribution in [0.5, 0.6) is 0 Å². The van der Waals surface area contributed by atoms with Crippen LogP contribution in [0.15, 0.2) is 25.0 Å². The average Bonchev–Trinajstić information content (AvgIpc) is 2.88. The number of nitriles is 1. The van der Waals surface area contributed by atoms with Crippen LogP contribution in [-0.4, -0.2) is 47.9 Å². The summed E-state index contributed by atoms with van der Waals surface area (Å²) in [5.41, 5.74) is 0.991. The number of carbonyl (C=O) groups excluding carboxylic acids is 1. The summed E-state index contributed by atoms with van der Waals surface area (Å²) in [5, 5.41) is 8.23. The summed E-state index contributed by atoms with van der Waals surface area (Å²) < 4.78 is 3.48. The van der Waals surface area contributed by atoms with E-state index in [1.165, 1.54) is 6.92 Å². The van der Waals surface area contributed by atoms with Gasteiger partial charge in [0.05, 0.1) is 12.7 Å². The summed E-state index contributed by atoms with van der Waals surface area (Å²) in [6, 6.07) is 1.92. The first-order valence-corrected chi connectivity index (χ1v) is 4.90. The summed E-state index contributed by atoms with van der Waals surface area (Å²) in [4.78, 5) is 18.1. The van der Waals surface area contributed by atoms with E-state index in [1.54, 1.807) is 34.2 Å². The molecule has 104 valence electrons. The van der Waals surface area contributed by atoms with Gasteiger partial charge >= 0.3 is 23.1 Å². The molecule has 20 heavy (non-hydrogen) atoms. The Kier molecular flexibility index (Phi) is 13.9. The van der Waals surface area contributed by atoms with Crippen molar-refractivity contribution in [3.05, 3.63) is 43.9 Å². The molecule has 0 bridgehead atoms. The van der Waals surface area contributed by atoms with Gasteiger partial charge in [-0.1, -0.05) is 0 Å². The van der Waals surface area contributed by atoms with Gasteiger partial charge in [0, 0.05) is 33.4 Å². The predicted octanol–water partition coefficient (Wildman–Crippen LogP) is -2.01. The van der Waals surface area contributed by atoms with Gasteiger partial charge in [-0.05, 0) is 0 Å². The van der Waals surface area contributed by atoms with Gasteiger partial charge in [0.25, 0.3) is 0 Å². The number of hydrogen-bond donors (Lipinski definition) is 0. The molecular weight excluding hydrogens is 334 g/mol. The van der Waals surface area contributed by atoms with Crippen LogP contribution in [0.4, 0.5) is 0 Å². The Bertz CT molecular complexity index is 558. The second-order valence-electron chi connectivity index (χ2n) is 3.52. The zero-order valence-electron chi connectivity index (χ0n) is 12.0. The van der Waals surface area contributed by atoms with E-state index in [9.17, 15) is 4.79 Å². The molecule has 0 N–H and O–H groups in total. The van der Waals surface area contributed by atoms with Crippen molar-refractivity contribution in [3.8, 4) is 6.07 Å². The van der Waals surface area contributed by atoms with Gasteiger partial charge in [-0.3, -0.25) is 4.79 Å². The average molecular weight is 351 g/mol. The first kappa shape index (κ1) is 23.9. The molecule has 0 fully saturated rings. The fourth-order valence-electron chi connectivity index (χ4n) is 1.07. The second kappa shape index (κ2) is 11.6. The van der Waals surface area contributed by atoms with Gasteiger partial charge in [-0.2, -0.15) is 5.26 Å². The summed E-state index contributed by atoms with van der Waals surface area (Å²) in [6.07, 6.45) is 6.57. The zero-order chi connectivity index (χ0) is 12.8. The van der Waals surface area contributed by atoms with Crippen molar-refractivity contribution in [1.29, 1.82) is 5.26 Å². The molecule has 0 aromatic carbocycles. The second-order valence-corrected chi connectivity index (χ2v) is 3.52. The van der Waals surface area contributed by atoms with Crippen LogP contribution >= 0.6 is 0 Å². The molecule has 8 heteroatoms. The molecule has 0 saturated heterocycles. The molecule has 2 heterocycles. The van der Waals surface area contributed by atoms with Crippen molar-refractivity contribution in [2.45, 2.75) is 6.92 Å². The zero-order valence-corrected chi connectivity index (χ0v) is 15.0. The van der Waals surface area contributed by atoms with Crippen LogP contribution in [0, 0.1) is 18.8 Å². The smallest absolute Gasteiger partial charge is 1.00 e. The van der Waals surface area contributed by atoms with Crippen molar-refractivity contribution in [2.24, 2.45) is 14.1 Å². The SMILES string of the molecule is CC(=O)c1cn(C)cn1.Cn1cnc(C#N)c1.[Br-].[CH3-].[Mg+2]. The molecule has 0 radical (unpaired) electrons. The van der Waals surface area contributed by atoms with Crippen LogP contribution in [0.25, 0.3) is 0 Å². The summed E-state index contributed by atoms with van der Waals surface area (Å²) >= 11 is 0. The summed E-state index contributed by atoms with van der Waals surface area (Å²) in [5.74, 6) is 0.00981. The molecule has 0 aliphatic rings. The summed E-state index contributed by atoms with van der Waals surface area (Å²) in [7, 11) is 3.66. The van der Waals surface area contributed by atoms with Gasteiger partial charge in [-0.15, -0.1) is 0 Å². The molecule has 0 unspecified atom stereocenters. The van der Waals surface area contributed by atoms with Crippen LogP contribution in [0.2, 0.25) is 0 Å². The Labute approximate surface area is 145 Å². The van der Waals surface area contributed by atoms with Crippen molar-refractivity contribution in [3.63, 3.8) is 0 Å². The van der Waals surface area contributed by atoms with Crippen molar-refractivity contribution >= 4 is 28.8 Å². The molecule has 0 saturated carbocycles. The number of imidazole rings is 2. The number of hydrogen-bond acceptors (Lipinski definition) is 4. The van der Waals surface area contributed by atoms with Gasteiger partial charge in [0.15, 0.2) is 11.5 Å². The molecule has 2 rings (SSSR count). The number of aromatic nitrogens is 4. The third-order valence-electron chi connectivity index (χ3n) is 1.89. The van der Waals surface area contributed by atoms with E-state index < -0.39 is 0 Å². The van der Waals surface area contributed by atoms with E-state index >= 15 is 0 Å². The fraction of sp³-hybridized carbons (Fsp3) is 0.250. The van der Waals surface area contributed by atoms with Crippen molar-refractivity contribution in [1.82, 2.24) is 19.1 Å². The molecule has 0 aliphatic carbocycles. The molecule has 0 spiro atoms. The van der Waals surface area contributed by atoms with E-state index in [4.69, 9.17) is 5.26 Å². The Morgan fingerprint density at radius 2 is 1.70 bits per heavy atom. The fourth-order valence-corrected chi connectivity index (χ4v) is 1.07. The Balaban J connectivity index is -0.000000252. The number of halogens is 1. The van der Waals surface area contributed by atoms with Crippen molar-refractivity contribution in [2.75, 3.05) is 0 Å². The minimum atomic E-state index is 0. The number of Topliss-reactive ketones (excluding diaryl/α,β-unsaturated/α-hetero) is 1. The third kappa shape index (κ3) is 8.09. The Morgan fingerprint density at radius 1 is 1.20 bits per heavy atom. The maximum absolute atomic E-state index is 10.6. The number of rotatable bonds is 1. The predicted molar refractivity (Wildman–Crippen MR) is 73.3 cm³/mol. The summed E-state index contributed by atoms with van der Waals surface area (Å²) in [6.45, 7) is 1.50. The number of nitrogens with zero attached hydrogens (tertiary/aromatic N) is 5. The maximum atomic E-state index is 10.6. The molecule has 0 amide bonds. The van der Waals surface area contributed by atoms with Crippen LogP contribution in [-0.2, 0) is 14.1 Å². The maximum Gasteiger partial charge on any atom is 2.00 e. The van der Waals surface area contributed by atoms with Crippen LogP contribution in [0.1, 0.15) is 23.1 Å². The van der Waals surface area contributed by atoms with Gasteiger partial charge < -0.3 is 33.5 Å². The molecule has 2 aromatic rings. The number of ketones is 1. The van der Waals surface area contributed by atoms with E-state index in [1.807, 2.05) is 20.2 Å². The first-order valence-electron chi connectivity index (χ1n) is 4.90.